The minimum atomic E-state index is 0.552. The first-order chi connectivity index (χ1) is 12.7. The first kappa shape index (κ1) is 16.1. The van der Waals surface area contributed by atoms with Crippen LogP contribution in [0.2, 0.25) is 0 Å². The summed E-state index contributed by atoms with van der Waals surface area (Å²) in [6.45, 7) is 3.92. The van der Waals surface area contributed by atoms with E-state index in [2.05, 4.69) is 15.3 Å². The quantitative estimate of drug-likeness (QED) is 0.601. The molecule has 2 aromatic carbocycles. The number of imidazole rings is 1. The Morgan fingerprint density at radius 2 is 1.62 bits per heavy atom. The number of hydrogen-bond donors (Lipinski definition) is 1. The molecule has 4 aromatic rings. The van der Waals surface area contributed by atoms with Gasteiger partial charge in [0.15, 0.2) is 5.65 Å². The van der Waals surface area contributed by atoms with Gasteiger partial charge in [-0.05, 0) is 50.2 Å². The van der Waals surface area contributed by atoms with Gasteiger partial charge < -0.3 is 10.1 Å². The molecule has 4 rings (SSSR count). The predicted molar refractivity (Wildman–Crippen MR) is 102 cm³/mol. The number of rotatable bonds is 4. The number of nitrogens with zero attached hydrogens (tertiary/aromatic N) is 4. The van der Waals surface area contributed by atoms with Crippen molar-refractivity contribution >= 4 is 22.8 Å². The smallest absolute Gasteiger partial charge is 0.229 e. The third kappa shape index (κ3) is 2.86. The van der Waals surface area contributed by atoms with Crippen LogP contribution in [0.4, 0.5) is 11.6 Å². The van der Waals surface area contributed by atoms with Crippen LogP contribution >= 0.6 is 0 Å². The Kier molecular flexibility index (Phi) is 4.01. The molecule has 0 fully saturated rings. The van der Waals surface area contributed by atoms with Gasteiger partial charge in [0.1, 0.15) is 17.1 Å². The van der Waals surface area contributed by atoms with Crippen molar-refractivity contribution in [3.63, 3.8) is 0 Å². The number of fused-ring (bicyclic) bond motifs is 1. The van der Waals surface area contributed by atoms with E-state index >= 15 is 0 Å². The van der Waals surface area contributed by atoms with E-state index in [4.69, 9.17) is 9.72 Å². The summed E-state index contributed by atoms with van der Waals surface area (Å²) in [6.07, 6.45) is 0. The molecule has 0 spiro atoms. The Bertz CT molecular complexity index is 1060. The lowest BCUT2D eigenvalue weighted by Crippen LogP contribution is -2.02. The van der Waals surface area contributed by atoms with Crippen LogP contribution in [0.15, 0.2) is 54.6 Å². The van der Waals surface area contributed by atoms with Crippen LogP contribution in [-0.4, -0.2) is 26.6 Å². The van der Waals surface area contributed by atoms with E-state index in [9.17, 15) is 0 Å². The highest BCUT2D eigenvalue weighted by Crippen LogP contribution is 2.25. The molecule has 0 atom stereocenters. The second kappa shape index (κ2) is 6.48. The van der Waals surface area contributed by atoms with Crippen LogP contribution in [0.1, 0.15) is 11.5 Å². The van der Waals surface area contributed by atoms with Crippen molar-refractivity contribution < 1.29 is 4.74 Å². The summed E-state index contributed by atoms with van der Waals surface area (Å²) in [5, 5.41) is 3.26. The first-order valence-electron chi connectivity index (χ1n) is 8.36. The lowest BCUT2D eigenvalue weighted by atomic mass is 10.3. The van der Waals surface area contributed by atoms with Crippen LogP contribution in [0.3, 0.4) is 0 Å². The van der Waals surface area contributed by atoms with E-state index in [0.717, 1.165) is 39.8 Å². The second-order valence-electron chi connectivity index (χ2n) is 5.99. The fraction of sp³-hybridized carbons (Fsp3) is 0.150. The lowest BCUT2D eigenvalue weighted by Gasteiger charge is -2.09. The van der Waals surface area contributed by atoms with Crippen molar-refractivity contribution in [3.8, 4) is 11.4 Å². The van der Waals surface area contributed by atoms with E-state index in [1.165, 1.54) is 0 Å². The van der Waals surface area contributed by atoms with Gasteiger partial charge in [-0.2, -0.15) is 4.98 Å². The van der Waals surface area contributed by atoms with Gasteiger partial charge in [0.25, 0.3) is 0 Å². The number of anilines is 2. The largest absolute Gasteiger partial charge is 0.497 e. The zero-order valence-electron chi connectivity index (χ0n) is 14.9. The Hall–Kier alpha value is -3.41. The van der Waals surface area contributed by atoms with E-state index in [-0.39, 0.29) is 0 Å². The molecule has 2 aromatic heterocycles. The molecule has 1 N–H and O–H groups in total. The van der Waals surface area contributed by atoms with Crippen molar-refractivity contribution in [3.05, 3.63) is 66.1 Å². The number of ether oxygens (including phenoxy) is 1. The molecule has 6 heteroatoms. The SMILES string of the molecule is COc1ccc(-n2c(C)nc3c(C)nc(Nc4ccccc4)nc32)cc1. The molecule has 2 heterocycles. The summed E-state index contributed by atoms with van der Waals surface area (Å²) < 4.78 is 7.28. The molecule has 0 amide bonds. The highest BCUT2D eigenvalue weighted by atomic mass is 16.5. The van der Waals surface area contributed by atoms with Crippen LogP contribution < -0.4 is 10.1 Å². The summed E-state index contributed by atoms with van der Waals surface area (Å²) in [5.41, 5.74) is 4.34. The van der Waals surface area contributed by atoms with Crippen molar-refractivity contribution in [2.24, 2.45) is 0 Å². The number of para-hydroxylation sites is 1. The normalized spacial score (nSPS) is 10.9. The number of hydrogen-bond acceptors (Lipinski definition) is 5. The summed E-state index contributed by atoms with van der Waals surface area (Å²) in [5.74, 6) is 2.23. The number of methoxy groups -OCH3 is 1. The summed E-state index contributed by atoms with van der Waals surface area (Å²) in [6, 6.07) is 17.7. The Morgan fingerprint density at radius 1 is 0.885 bits per heavy atom. The van der Waals surface area contributed by atoms with Gasteiger partial charge in [-0.1, -0.05) is 18.2 Å². The third-order valence-corrected chi connectivity index (χ3v) is 4.21. The van der Waals surface area contributed by atoms with Gasteiger partial charge in [-0.25, -0.2) is 9.97 Å². The maximum Gasteiger partial charge on any atom is 0.229 e. The number of aromatic nitrogens is 4. The number of aryl methyl sites for hydroxylation is 2. The van der Waals surface area contributed by atoms with Gasteiger partial charge >= 0.3 is 0 Å². The second-order valence-corrected chi connectivity index (χ2v) is 5.99. The predicted octanol–water partition coefficient (Wildman–Crippen LogP) is 4.18. The lowest BCUT2D eigenvalue weighted by molar-refractivity contribution is 0.414. The molecule has 0 bridgehead atoms. The molecule has 0 saturated heterocycles. The standard InChI is InChI=1S/C20H19N5O/c1-13-18-19(24-20(21-13)23-15-7-5-4-6-8-15)25(14(2)22-18)16-9-11-17(26-3)12-10-16/h4-12H,1-3H3,(H,21,23,24). The van der Waals surface area contributed by atoms with E-state index in [1.54, 1.807) is 7.11 Å². The highest BCUT2D eigenvalue weighted by Gasteiger charge is 2.15. The van der Waals surface area contributed by atoms with Crippen LogP contribution in [0.5, 0.6) is 5.75 Å². The number of benzene rings is 2. The van der Waals surface area contributed by atoms with Crippen LogP contribution in [0.25, 0.3) is 16.9 Å². The van der Waals surface area contributed by atoms with E-state index < -0.39 is 0 Å². The molecular weight excluding hydrogens is 326 g/mol. The molecule has 0 aliphatic carbocycles. The summed E-state index contributed by atoms with van der Waals surface area (Å²) >= 11 is 0. The van der Waals surface area contributed by atoms with Gasteiger partial charge in [0, 0.05) is 11.4 Å². The Morgan fingerprint density at radius 3 is 2.31 bits per heavy atom. The van der Waals surface area contributed by atoms with Gasteiger partial charge in [0.05, 0.1) is 12.8 Å². The molecule has 6 nitrogen and oxygen atoms in total. The third-order valence-electron chi connectivity index (χ3n) is 4.21. The molecule has 130 valence electrons. The topological polar surface area (TPSA) is 64.9 Å². The molecule has 0 radical (unpaired) electrons. The minimum Gasteiger partial charge on any atom is -0.497 e. The molecule has 0 aliphatic heterocycles. The summed E-state index contributed by atoms with van der Waals surface area (Å²) in [4.78, 5) is 13.9. The Labute approximate surface area is 151 Å². The monoisotopic (exact) mass is 345 g/mol. The maximum atomic E-state index is 5.25. The molecule has 0 aliphatic rings. The van der Waals surface area contributed by atoms with Crippen molar-refractivity contribution in [2.75, 3.05) is 12.4 Å². The number of nitrogens with one attached hydrogen (secondary N) is 1. The van der Waals surface area contributed by atoms with Crippen LogP contribution in [0, 0.1) is 13.8 Å². The fourth-order valence-electron chi connectivity index (χ4n) is 2.95. The van der Waals surface area contributed by atoms with Gasteiger partial charge in [-0.3, -0.25) is 4.57 Å². The molecule has 0 saturated carbocycles. The maximum absolute atomic E-state index is 5.25. The van der Waals surface area contributed by atoms with Crippen molar-refractivity contribution in [2.45, 2.75) is 13.8 Å². The zero-order valence-corrected chi connectivity index (χ0v) is 14.9. The fourth-order valence-corrected chi connectivity index (χ4v) is 2.95. The zero-order chi connectivity index (χ0) is 18.1. The highest BCUT2D eigenvalue weighted by molar-refractivity contribution is 5.78. The van der Waals surface area contributed by atoms with E-state index in [0.29, 0.717) is 5.95 Å². The van der Waals surface area contributed by atoms with Crippen LogP contribution in [-0.2, 0) is 0 Å². The van der Waals surface area contributed by atoms with Gasteiger partial charge in [-0.15, -0.1) is 0 Å². The molecular formula is C20H19N5O. The van der Waals surface area contributed by atoms with Crippen molar-refractivity contribution in [1.29, 1.82) is 0 Å². The average molecular weight is 345 g/mol. The average Bonchev–Trinajstić information content (AvgIpc) is 2.99. The van der Waals surface area contributed by atoms with Crippen molar-refractivity contribution in [1.82, 2.24) is 19.5 Å². The minimum absolute atomic E-state index is 0.552. The first-order valence-corrected chi connectivity index (χ1v) is 8.36. The molecule has 0 unspecified atom stereocenters. The van der Waals surface area contributed by atoms with Gasteiger partial charge in [0.2, 0.25) is 5.95 Å². The van der Waals surface area contributed by atoms with E-state index in [1.807, 2.05) is 73.0 Å². The Balaban J connectivity index is 1.83. The summed E-state index contributed by atoms with van der Waals surface area (Å²) in [7, 11) is 1.66. The molecule has 26 heavy (non-hydrogen) atoms.